The number of halogens is 3. The maximum absolute atomic E-state index is 13.6. The molecule has 2 amide bonds. The Morgan fingerprint density at radius 1 is 0.896 bits per heavy atom. The molecule has 0 aliphatic heterocycles. The summed E-state index contributed by atoms with van der Waals surface area (Å²) in [6.07, 6.45) is -1.98. The van der Waals surface area contributed by atoms with Crippen LogP contribution in [0.5, 0.6) is 0 Å². The zero-order chi connectivity index (χ0) is 34.8. The number of amides is 2. The predicted octanol–water partition coefficient (Wildman–Crippen LogP) is 9.78. The molecule has 0 atom stereocenters. The van der Waals surface area contributed by atoms with E-state index >= 15 is 0 Å². The van der Waals surface area contributed by atoms with E-state index in [0.717, 1.165) is 58.9 Å². The Bertz CT molecular complexity index is 1970. The van der Waals surface area contributed by atoms with Gasteiger partial charge in [-0.25, -0.2) is 14.6 Å². The molecule has 0 bridgehead atoms. The van der Waals surface area contributed by atoms with Gasteiger partial charge in [-0.2, -0.15) is 13.2 Å². The fourth-order valence-corrected chi connectivity index (χ4v) is 5.86. The quantitative estimate of drug-likeness (QED) is 0.165. The van der Waals surface area contributed by atoms with Crippen molar-refractivity contribution in [3.05, 3.63) is 113 Å². The van der Waals surface area contributed by atoms with Gasteiger partial charge < -0.3 is 15.0 Å². The number of carbonyl (C=O) groups is 2. The van der Waals surface area contributed by atoms with Gasteiger partial charge in [0.1, 0.15) is 5.82 Å². The molecular weight excluding hydrogens is 617 g/mol. The molecule has 0 aliphatic rings. The first-order chi connectivity index (χ1) is 22.7. The zero-order valence-electron chi connectivity index (χ0n) is 27.7. The maximum Gasteiger partial charge on any atom is 0.418 e. The maximum atomic E-state index is 13.6. The number of urea groups is 1. The van der Waals surface area contributed by atoms with Crippen molar-refractivity contribution in [2.24, 2.45) is 0 Å². The third kappa shape index (κ3) is 7.22. The van der Waals surface area contributed by atoms with Gasteiger partial charge in [-0.05, 0) is 70.5 Å². The van der Waals surface area contributed by atoms with Gasteiger partial charge in [0, 0.05) is 25.7 Å². The van der Waals surface area contributed by atoms with Gasteiger partial charge in [0.25, 0.3) is 0 Å². The number of nitrogens with zero attached hydrogens (tertiary/aromatic N) is 3. The predicted molar refractivity (Wildman–Crippen MR) is 184 cm³/mol. The normalized spacial score (nSPS) is 11.9. The summed E-state index contributed by atoms with van der Waals surface area (Å²) in [4.78, 5) is 31.4. The van der Waals surface area contributed by atoms with Crippen LogP contribution in [0, 0.1) is 0 Å². The summed E-state index contributed by atoms with van der Waals surface area (Å²) in [6, 6.07) is 22.6. The lowest BCUT2D eigenvalue weighted by molar-refractivity contribution is -0.136. The van der Waals surface area contributed by atoms with Crippen LogP contribution in [0.15, 0.2) is 84.9 Å². The van der Waals surface area contributed by atoms with Crippen LogP contribution in [0.25, 0.3) is 22.2 Å². The Kier molecular flexibility index (Phi) is 9.66. The largest absolute Gasteiger partial charge is 0.478 e. The molecule has 2 N–H and O–H groups in total. The highest BCUT2D eigenvalue weighted by molar-refractivity contribution is 6.03. The van der Waals surface area contributed by atoms with Gasteiger partial charge in [-0.1, -0.05) is 82.6 Å². The van der Waals surface area contributed by atoms with Crippen molar-refractivity contribution in [2.75, 3.05) is 17.3 Å². The van der Waals surface area contributed by atoms with Crippen LogP contribution < -0.4 is 10.2 Å². The Morgan fingerprint density at radius 2 is 1.60 bits per heavy atom. The third-order valence-corrected chi connectivity index (χ3v) is 8.41. The van der Waals surface area contributed by atoms with Crippen molar-refractivity contribution in [1.82, 2.24) is 9.55 Å². The number of hydrogen-bond acceptors (Lipinski definition) is 3. The minimum absolute atomic E-state index is 0.237. The lowest BCUT2D eigenvalue weighted by Gasteiger charge is -2.25. The molecule has 1 aromatic heterocycles. The molecule has 0 saturated carbocycles. The van der Waals surface area contributed by atoms with Crippen molar-refractivity contribution in [3.63, 3.8) is 0 Å². The number of aromatic nitrogens is 2. The lowest BCUT2D eigenvalue weighted by atomic mass is 9.80. The van der Waals surface area contributed by atoms with Gasteiger partial charge in [0.05, 0.1) is 27.8 Å². The molecule has 1 heterocycles. The number of alkyl halides is 3. The number of carboxylic acid groups (broad SMARTS) is 1. The molecule has 0 radical (unpaired) electrons. The lowest BCUT2D eigenvalue weighted by Crippen LogP contribution is -2.32. The fourth-order valence-electron chi connectivity index (χ4n) is 5.86. The van der Waals surface area contributed by atoms with E-state index in [2.05, 4.69) is 43.6 Å². The molecule has 250 valence electrons. The number of carboxylic acids is 1. The third-order valence-electron chi connectivity index (χ3n) is 8.41. The number of carbonyl (C=O) groups excluding carboxylic acids is 1. The van der Waals surface area contributed by atoms with E-state index in [1.165, 1.54) is 30.1 Å². The van der Waals surface area contributed by atoms with E-state index in [4.69, 9.17) is 4.98 Å². The van der Waals surface area contributed by atoms with Crippen LogP contribution in [0.1, 0.15) is 73.4 Å². The van der Waals surface area contributed by atoms with E-state index in [1.54, 1.807) is 18.2 Å². The standard InChI is InChI=1S/C38H39F3N4O3/c1-6-7-16-34-42-32-20-18-25(44(5)36(48)43-31-15-11-10-14-29(31)38(39,40)41)22-33(32)45(34)23-24-17-19-27(30(21-24)37(2,3)4)26-12-8-9-13-28(26)35(46)47/h8-15,17-22H,6-7,16,23H2,1-5H3,(H,43,48)(H,46,47). The van der Waals surface area contributed by atoms with Crippen LogP contribution in [0.4, 0.5) is 29.3 Å². The minimum atomic E-state index is -4.62. The van der Waals surface area contributed by atoms with E-state index in [0.29, 0.717) is 17.8 Å². The monoisotopic (exact) mass is 656 g/mol. The highest BCUT2D eigenvalue weighted by atomic mass is 19.4. The van der Waals surface area contributed by atoms with Crippen molar-refractivity contribution in [3.8, 4) is 11.1 Å². The number of hydrogen-bond donors (Lipinski definition) is 2. The highest BCUT2D eigenvalue weighted by Crippen LogP contribution is 2.37. The molecule has 10 heteroatoms. The molecule has 4 aromatic carbocycles. The van der Waals surface area contributed by atoms with E-state index < -0.39 is 23.7 Å². The average molecular weight is 657 g/mol. The van der Waals surface area contributed by atoms with Crippen LogP contribution in [-0.2, 0) is 24.6 Å². The van der Waals surface area contributed by atoms with E-state index in [9.17, 15) is 27.9 Å². The Balaban J connectivity index is 1.53. The molecular formula is C38H39F3N4O3. The van der Waals surface area contributed by atoms with Gasteiger partial charge in [0.15, 0.2) is 0 Å². The smallest absolute Gasteiger partial charge is 0.418 e. The SMILES string of the molecule is CCCCc1nc2ccc(N(C)C(=O)Nc3ccccc3C(F)(F)F)cc2n1Cc1ccc(-c2ccccc2C(=O)O)c(C(C)(C)C)c1. The average Bonchev–Trinajstić information content (AvgIpc) is 3.38. The van der Waals surface area contributed by atoms with Crippen molar-refractivity contribution < 1.29 is 27.9 Å². The first-order valence-electron chi connectivity index (χ1n) is 15.8. The molecule has 5 rings (SSSR count). The van der Waals surface area contributed by atoms with Gasteiger partial charge >= 0.3 is 18.2 Å². The second-order valence-corrected chi connectivity index (χ2v) is 12.9. The molecule has 0 spiro atoms. The number of unbranched alkanes of at least 4 members (excludes halogenated alkanes) is 1. The number of aryl methyl sites for hydroxylation is 1. The van der Waals surface area contributed by atoms with Crippen LogP contribution in [-0.4, -0.2) is 33.7 Å². The summed E-state index contributed by atoms with van der Waals surface area (Å²) in [6.45, 7) is 8.87. The molecule has 0 saturated heterocycles. The summed E-state index contributed by atoms with van der Waals surface area (Å²) >= 11 is 0. The fraction of sp³-hybridized carbons (Fsp3) is 0.289. The topological polar surface area (TPSA) is 87.5 Å². The minimum Gasteiger partial charge on any atom is -0.478 e. The molecule has 48 heavy (non-hydrogen) atoms. The molecule has 0 unspecified atom stereocenters. The summed E-state index contributed by atoms with van der Waals surface area (Å²) < 4.78 is 42.8. The first kappa shape index (κ1) is 34.2. The Labute approximate surface area is 278 Å². The summed E-state index contributed by atoms with van der Waals surface area (Å²) in [5.74, 6) is -0.105. The molecule has 5 aromatic rings. The van der Waals surface area contributed by atoms with Crippen molar-refractivity contribution >= 4 is 34.4 Å². The van der Waals surface area contributed by atoms with Crippen LogP contribution >= 0.6 is 0 Å². The van der Waals surface area contributed by atoms with Gasteiger partial charge in [-0.3, -0.25) is 4.90 Å². The molecule has 7 nitrogen and oxygen atoms in total. The first-order valence-corrected chi connectivity index (χ1v) is 15.8. The summed E-state index contributed by atoms with van der Waals surface area (Å²) in [7, 11) is 1.51. The summed E-state index contributed by atoms with van der Waals surface area (Å²) in [5.41, 5.74) is 4.22. The van der Waals surface area contributed by atoms with Crippen molar-refractivity contribution in [2.45, 2.75) is 65.1 Å². The number of fused-ring (bicyclic) bond motifs is 1. The van der Waals surface area contributed by atoms with E-state index in [1.807, 2.05) is 36.4 Å². The molecule has 0 fully saturated rings. The number of anilines is 2. The number of rotatable bonds is 9. The van der Waals surface area contributed by atoms with Crippen LogP contribution in [0.3, 0.4) is 0 Å². The summed E-state index contributed by atoms with van der Waals surface area (Å²) in [5, 5.41) is 12.3. The van der Waals surface area contributed by atoms with E-state index in [-0.39, 0.29) is 16.7 Å². The Morgan fingerprint density at radius 3 is 2.29 bits per heavy atom. The number of imidazole rings is 1. The highest BCUT2D eigenvalue weighted by Gasteiger charge is 2.34. The van der Waals surface area contributed by atoms with Gasteiger partial charge in [0.2, 0.25) is 0 Å². The van der Waals surface area contributed by atoms with Gasteiger partial charge in [-0.15, -0.1) is 0 Å². The zero-order valence-corrected chi connectivity index (χ0v) is 27.7. The number of para-hydroxylation sites is 1. The molecule has 0 aliphatic carbocycles. The number of benzene rings is 4. The second-order valence-electron chi connectivity index (χ2n) is 12.9. The second kappa shape index (κ2) is 13.5. The van der Waals surface area contributed by atoms with Crippen LogP contribution in [0.2, 0.25) is 0 Å². The number of aromatic carboxylic acids is 1. The number of nitrogens with one attached hydrogen (secondary N) is 1. The van der Waals surface area contributed by atoms with Crippen molar-refractivity contribution in [1.29, 1.82) is 0 Å². The Hall–Kier alpha value is -5.12.